The van der Waals surface area contributed by atoms with Crippen LogP contribution in [0.15, 0.2) is 60.7 Å². The molecule has 0 N–H and O–H groups in total. The Balaban J connectivity index is 1.95. The van der Waals surface area contributed by atoms with Crippen molar-refractivity contribution < 1.29 is 14.3 Å². The third kappa shape index (κ3) is 3.07. The summed E-state index contributed by atoms with van der Waals surface area (Å²) in [6.45, 7) is 4.87. The number of β-lactam (4-membered cyclic amide) rings is 1. The van der Waals surface area contributed by atoms with Gasteiger partial charge in [0.2, 0.25) is 5.91 Å². The van der Waals surface area contributed by atoms with Crippen molar-refractivity contribution in [2.75, 3.05) is 18.1 Å². The van der Waals surface area contributed by atoms with Crippen molar-refractivity contribution in [2.45, 2.75) is 26.2 Å². The standard InChI is InChI=1S/C20H23NO3/c1-3-23-20(24-4-2)17-18(15-11-7-5-8-12-15)21(19(17)22)16-13-9-6-10-14-16/h5-14,17-18,20H,3-4H2,1-2H3/t17-,18+/m0/s1. The highest BCUT2D eigenvalue weighted by atomic mass is 16.7. The summed E-state index contributed by atoms with van der Waals surface area (Å²) in [5, 5.41) is 0. The van der Waals surface area contributed by atoms with Gasteiger partial charge in [-0.15, -0.1) is 0 Å². The van der Waals surface area contributed by atoms with Crippen LogP contribution in [0.2, 0.25) is 0 Å². The van der Waals surface area contributed by atoms with Gasteiger partial charge in [0, 0.05) is 18.9 Å². The highest BCUT2D eigenvalue weighted by Crippen LogP contribution is 2.45. The summed E-state index contributed by atoms with van der Waals surface area (Å²) < 4.78 is 11.4. The van der Waals surface area contributed by atoms with Gasteiger partial charge in [0.15, 0.2) is 6.29 Å². The van der Waals surface area contributed by atoms with E-state index in [0.717, 1.165) is 11.3 Å². The molecule has 0 unspecified atom stereocenters. The minimum atomic E-state index is -0.516. The molecular formula is C20H23NO3. The molecular weight excluding hydrogens is 302 g/mol. The van der Waals surface area contributed by atoms with Gasteiger partial charge in [0.1, 0.15) is 5.92 Å². The summed E-state index contributed by atoms with van der Waals surface area (Å²) in [6.07, 6.45) is -0.516. The number of carbonyl (C=O) groups excluding carboxylic acids is 1. The number of hydrogen-bond donors (Lipinski definition) is 0. The van der Waals surface area contributed by atoms with Gasteiger partial charge in [-0.2, -0.15) is 0 Å². The van der Waals surface area contributed by atoms with Crippen LogP contribution in [0, 0.1) is 5.92 Å². The molecule has 1 heterocycles. The second-order valence-corrected chi connectivity index (χ2v) is 5.70. The average Bonchev–Trinajstić information content (AvgIpc) is 2.61. The zero-order chi connectivity index (χ0) is 16.9. The second kappa shape index (κ2) is 7.60. The first-order valence-electron chi connectivity index (χ1n) is 8.44. The Morgan fingerprint density at radius 2 is 1.46 bits per heavy atom. The van der Waals surface area contributed by atoms with Gasteiger partial charge < -0.3 is 14.4 Å². The van der Waals surface area contributed by atoms with Crippen molar-refractivity contribution >= 4 is 11.6 Å². The summed E-state index contributed by atoms with van der Waals surface area (Å²) in [6, 6.07) is 19.7. The van der Waals surface area contributed by atoms with Gasteiger partial charge in [-0.05, 0) is 31.5 Å². The minimum absolute atomic E-state index is 0.0435. The van der Waals surface area contributed by atoms with E-state index >= 15 is 0 Å². The maximum atomic E-state index is 12.9. The van der Waals surface area contributed by atoms with Crippen LogP contribution in [0.25, 0.3) is 0 Å². The number of anilines is 1. The van der Waals surface area contributed by atoms with E-state index in [1.54, 1.807) is 0 Å². The third-order valence-corrected chi connectivity index (χ3v) is 4.27. The number of para-hydroxylation sites is 1. The number of hydrogen-bond acceptors (Lipinski definition) is 3. The smallest absolute Gasteiger partial charge is 0.238 e. The molecule has 0 spiro atoms. The van der Waals surface area contributed by atoms with Crippen molar-refractivity contribution in [1.29, 1.82) is 0 Å². The lowest BCUT2D eigenvalue weighted by Gasteiger charge is -2.49. The molecule has 0 aromatic heterocycles. The van der Waals surface area contributed by atoms with Crippen molar-refractivity contribution in [3.8, 4) is 0 Å². The zero-order valence-corrected chi connectivity index (χ0v) is 14.1. The van der Waals surface area contributed by atoms with E-state index in [0.29, 0.717) is 13.2 Å². The average molecular weight is 325 g/mol. The molecule has 1 saturated heterocycles. The molecule has 126 valence electrons. The molecule has 4 nitrogen and oxygen atoms in total. The predicted molar refractivity (Wildman–Crippen MR) is 93.6 cm³/mol. The Morgan fingerprint density at radius 1 is 0.917 bits per heavy atom. The fourth-order valence-electron chi connectivity index (χ4n) is 3.24. The topological polar surface area (TPSA) is 38.8 Å². The van der Waals surface area contributed by atoms with E-state index in [4.69, 9.17) is 9.47 Å². The van der Waals surface area contributed by atoms with Crippen LogP contribution in [0.3, 0.4) is 0 Å². The Hall–Kier alpha value is -2.17. The second-order valence-electron chi connectivity index (χ2n) is 5.70. The molecule has 2 aromatic carbocycles. The molecule has 1 fully saturated rings. The first-order chi connectivity index (χ1) is 11.8. The quantitative estimate of drug-likeness (QED) is 0.574. The van der Waals surface area contributed by atoms with Gasteiger partial charge in [-0.3, -0.25) is 4.79 Å². The number of ether oxygens (including phenoxy) is 2. The molecule has 0 aliphatic carbocycles. The maximum Gasteiger partial charge on any atom is 0.238 e. The summed E-state index contributed by atoms with van der Waals surface area (Å²) in [5.41, 5.74) is 2.00. The normalized spacial score (nSPS) is 20.3. The highest BCUT2D eigenvalue weighted by molar-refractivity contribution is 6.03. The van der Waals surface area contributed by atoms with Gasteiger partial charge >= 0.3 is 0 Å². The summed E-state index contributed by atoms with van der Waals surface area (Å²) in [7, 11) is 0. The molecule has 1 amide bonds. The minimum Gasteiger partial charge on any atom is -0.352 e. The molecule has 1 aliphatic rings. The lowest BCUT2D eigenvalue weighted by atomic mass is 9.81. The molecule has 4 heteroatoms. The van der Waals surface area contributed by atoms with E-state index in [-0.39, 0.29) is 17.9 Å². The molecule has 2 atom stereocenters. The molecule has 1 aliphatic heterocycles. The highest BCUT2D eigenvalue weighted by Gasteiger charge is 2.53. The number of benzene rings is 2. The largest absolute Gasteiger partial charge is 0.352 e. The molecule has 0 saturated carbocycles. The van der Waals surface area contributed by atoms with E-state index in [1.807, 2.05) is 67.3 Å². The Morgan fingerprint density at radius 3 is 2.00 bits per heavy atom. The van der Waals surface area contributed by atoms with Gasteiger partial charge in [-0.25, -0.2) is 0 Å². The lowest BCUT2D eigenvalue weighted by molar-refractivity contribution is -0.189. The number of nitrogens with zero attached hydrogens (tertiary/aromatic N) is 1. The number of rotatable bonds is 7. The van der Waals surface area contributed by atoms with E-state index in [1.165, 1.54) is 0 Å². The molecule has 0 radical (unpaired) electrons. The van der Waals surface area contributed by atoms with Crippen molar-refractivity contribution in [1.82, 2.24) is 0 Å². The van der Waals surface area contributed by atoms with Gasteiger partial charge in [0.05, 0.1) is 6.04 Å². The number of carbonyl (C=O) groups is 1. The van der Waals surface area contributed by atoms with Crippen molar-refractivity contribution in [3.63, 3.8) is 0 Å². The Bertz CT molecular complexity index is 653. The van der Waals surface area contributed by atoms with Gasteiger partial charge in [0.25, 0.3) is 0 Å². The zero-order valence-electron chi connectivity index (χ0n) is 14.1. The fourth-order valence-corrected chi connectivity index (χ4v) is 3.24. The van der Waals surface area contributed by atoms with E-state index in [9.17, 15) is 4.79 Å². The van der Waals surface area contributed by atoms with Crippen LogP contribution < -0.4 is 4.90 Å². The molecule has 0 bridgehead atoms. The first-order valence-corrected chi connectivity index (χ1v) is 8.44. The van der Waals surface area contributed by atoms with Gasteiger partial charge in [-0.1, -0.05) is 48.5 Å². The van der Waals surface area contributed by atoms with E-state index < -0.39 is 6.29 Å². The number of amides is 1. The Kier molecular flexibility index (Phi) is 5.28. The fraction of sp³-hybridized carbons (Fsp3) is 0.350. The van der Waals surface area contributed by atoms with Crippen LogP contribution in [0.5, 0.6) is 0 Å². The molecule has 3 rings (SSSR count). The monoisotopic (exact) mass is 325 g/mol. The third-order valence-electron chi connectivity index (χ3n) is 4.27. The van der Waals surface area contributed by atoms with E-state index in [2.05, 4.69) is 12.1 Å². The van der Waals surface area contributed by atoms with Crippen molar-refractivity contribution in [2.24, 2.45) is 5.92 Å². The van der Waals surface area contributed by atoms with Crippen LogP contribution in [-0.4, -0.2) is 25.4 Å². The maximum absolute atomic E-state index is 12.9. The first kappa shape index (κ1) is 16.7. The molecule has 2 aromatic rings. The SMILES string of the molecule is CCOC(OCC)[C@@H]1C(=O)N(c2ccccc2)[C@@H]1c1ccccc1. The summed E-state index contributed by atoms with van der Waals surface area (Å²) in [5.74, 6) is -0.283. The lowest BCUT2D eigenvalue weighted by Crippen LogP contribution is -2.60. The van der Waals surface area contributed by atoms with Crippen LogP contribution >= 0.6 is 0 Å². The van der Waals surface area contributed by atoms with Crippen LogP contribution in [-0.2, 0) is 14.3 Å². The van der Waals surface area contributed by atoms with Crippen LogP contribution in [0.4, 0.5) is 5.69 Å². The molecule has 24 heavy (non-hydrogen) atoms. The summed E-state index contributed by atoms with van der Waals surface area (Å²) in [4.78, 5) is 14.7. The predicted octanol–water partition coefficient (Wildman–Crippen LogP) is 3.79. The summed E-state index contributed by atoms with van der Waals surface area (Å²) >= 11 is 0. The Labute approximate surface area is 143 Å². The van der Waals surface area contributed by atoms with Crippen molar-refractivity contribution in [3.05, 3.63) is 66.2 Å². The van der Waals surface area contributed by atoms with Crippen LogP contribution in [0.1, 0.15) is 25.5 Å².